The highest BCUT2D eigenvalue weighted by Gasteiger charge is 2.49. The minimum atomic E-state index is -1.01. The van der Waals surface area contributed by atoms with Crippen LogP contribution in [0.1, 0.15) is 44.7 Å². The molecule has 25 heavy (non-hydrogen) atoms. The molecule has 1 unspecified atom stereocenters. The number of aliphatic carboxylic acids is 1. The third kappa shape index (κ3) is 3.21. The maximum Gasteiger partial charge on any atom is 0.336 e. The molecule has 0 saturated carbocycles. The summed E-state index contributed by atoms with van der Waals surface area (Å²) in [6.07, 6.45) is 3.17. The molecule has 1 atom stereocenters. The Kier molecular flexibility index (Phi) is 4.45. The summed E-state index contributed by atoms with van der Waals surface area (Å²) in [7, 11) is 0. The molecule has 1 aromatic carbocycles. The predicted molar refractivity (Wildman–Crippen MR) is 95.2 cm³/mol. The molecule has 2 N–H and O–H groups in total. The largest absolute Gasteiger partial charge is 0.478 e. The maximum absolute atomic E-state index is 13.0. The zero-order valence-electron chi connectivity index (χ0n) is 15.0. The fourth-order valence-corrected chi connectivity index (χ4v) is 4.03. The van der Waals surface area contributed by atoms with Gasteiger partial charge in [-0.2, -0.15) is 0 Å². The summed E-state index contributed by atoms with van der Waals surface area (Å²) in [5, 5.41) is 13.0. The number of hydrogen-bond acceptors (Lipinski definition) is 4. The SMILES string of the molecule is CC(C)(C)OC(=O)C1C=C(C(=O)O)c2ccccc2C12CCNCC2. The van der Waals surface area contributed by atoms with Crippen molar-refractivity contribution < 1.29 is 19.4 Å². The zero-order valence-corrected chi connectivity index (χ0v) is 15.0. The number of carboxylic acid groups (broad SMARTS) is 1. The molecule has 0 radical (unpaired) electrons. The van der Waals surface area contributed by atoms with Gasteiger partial charge in [0.1, 0.15) is 5.60 Å². The quantitative estimate of drug-likeness (QED) is 0.808. The molecule has 1 saturated heterocycles. The van der Waals surface area contributed by atoms with Crippen molar-refractivity contribution >= 4 is 17.5 Å². The first-order valence-electron chi connectivity index (χ1n) is 8.73. The second-order valence-electron chi connectivity index (χ2n) is 7.85. The molecule has 1 spiro atoms. The molecule has 0 amide bonds. The van der Waals surface area contributed by atoms with Crippen LogP contribution in [0.2, 0.25) is 0 Å². The van der Waals surface area contributed by atoms with E-state index in [1.807, 2.05) is 45.0 Å². The van der Waals surface area contributed by atoms with Crippen LogP contribution in [-0.4, -0.2) is 35.7 Å². The number of nitrogens with one attached hydrogen (secondary N) is 1. The number of carbonyl (C=O) groups is 2. The van der Waals surface area contributed by atoms with E-state index in [4.69, 9.17) is 4.74 Å². The molecule has 5 nitrogen and oxygen atoms in total. The third-order valence-corrected chi connectivity index (χ3v) is 5.07. The molecule has 0 aromatic heterocycles. The normalized spacial score (nSPS) is 22.0. The molecule has 5 heteroatoms. The van der Waals surface area contributed by atoms with Crippen LogP contribution in [0.15, 0.2) is 30.3 Å². The molecule has 134 valence electrons. The second-order valence-corrected chi connectivity index (χ2v) is 7.85. The average molecular weight is 343 g/mol. The zero-order chi connectivity index (χ0) is 18.2. The van der Waals surface area contributed by atoms with Crippen molar-refractivity contribution in [3.8, 4) is 0 Å². The Bertz CT molecular complexity index is 723. The van der Waals surface area contributed by atoms with Gasteiger partial charge >= 0.3 is 11.9 Å². The minimum absolute atomic E-state index is 0.190. The maximum atomic E-state index is 13.0. The fourth-order valence-electron chi connectivity index (χ4n) is 4.03. The first kappa shape index (κ1) is 17.7. The summed E-state index contributed by atoms with van der Waals surface area (Å²) < 4.78 is 5.65. The summed E-state index contributed by atoms with van der Waals surface area (Å²) in [6.45, 7) is 7.09. The number of carboxylic acids is 1. The summed E-state index contributed by atoms with van der Waals surface area (Å²) in [5.41, 5.74) is 0.835. The second kappa shape index (κ2) is 6.30. The number of rotatable bonds is 2. The van der Waals surface area contributed by atoms with Crippen LogP contribution in [0.4, 0.5) is 0 Å². The molecular formula is C20H25NO4. The lowest BCUT2D eigenvalue weighted by molar-refractivity contribution is -0.161. The van der Waals surface area contributed by atoms with Gasteiger partial charge in [-0.15, -0.1) is 0 Å². The van der Waals surface area contributed by atoms with Crippen LogP contribution in [0.3, 0.4) is 0 Å². The van der Waals surface area contributed by atoms with E-state index < -0.39 is 22.9 Å². The van der Waals surface area contributed by atoms with Gasteiger partial charge in [0, 0.05) is 5.41 Å². The molecule has 1 aliphatic carbocycles. The highest BCUT2D eigenvalue weighted by molar-refractivity contribution is 6.17. The highest BCUT2D eigenvalue weighted by Crippen LogP contribution is 2.49. The van der Waals surface area contributed by atoms with Crippen LogP contribution in [-0.2, 0) is 19.7 Å². The number of esters is 1. The van der Waals surface area contributed by atoms with E-state index >= 15 is 0 Å². The lowest BCUT2D eigenvalue weighted by Gasteiger charge is -2.46. The van der Waals surface area contributed by atoms with Crippen molar-refractivity contribution in [2.45, 2.75) is 44.6 Å². The van der Waals surface area contributed by atoms with Gasteiger partial charge in [0.05, 0.1) is 11.5 Å². The van der Waals surface area contributed by atoms with Gasteiger partial charge in [-0.3, -0.25) is 4.79 Å². The van der Waals surface area contributed by atoms with Crippen molar-refractivity contribution in [2.75, 3.05) is 13.1 Å². The molecular weight excluding hydrogens is 318 g/mol. The number of hydrogen-bond donors (Lipinski definition) is 2. The summed E-state index contributed by atoms with van der Waals surface area (Å²) in [6, 6.07) is 7.57. The van der Waals surface area contributed by atoms with Gasteiger partial charge in [-0.05, 0) is 57.8 Å². The summed E-state index contributed by atoms with van der Waals surface area (Å²) in [5.74, 6) is -1.94. The van der Waals surface area contributed by atoms with E-state index in [2.05, 4.69) is 5.32 Å². The van der Waals surface area contributed by atoms with E-state index in [0.717, 1.165) is 37.1 Å². The molecule has 1 aliphatic heterocycles. The van der Waals surface area contributed by atoms with Gasteiger partial charge in [0.25, 0.3) is 0 Å². The third-order valence-electron chi connectivity index (χ3n) is 5.07. The van der Waals surface area contributed by atoms with E-state index in [-0.39, 0.29) is 11.5 Å². The Labute approximate surface area is 148 Å². The van der Waals surface area contributed by atoms with Crippen LogP contribution in [0, 0.1) is 5.92 Å². The first-order valence-corrected chi connectivity index (χ1v) is 8.73. The number of benzene rings is 1. The van der Waals surface area contributed by atoms with Crippen LogP contribution in [0.5, 0.6) is 0 Å². The summed E-state index contributed by atoms with van der Waals surface area (Å²) >= 11 is 0. The highest BCUT2D eigenvalue weighted by atomic mass is 16.6. The van der Waals surface area contributed by atoms with Gasteiger partial charge in [0.2, 0.25) is 0 Å². The Morgan fingerprint density at radius 1 is 1.20 bits per heavy atom. The first-order chi connectivity index (χ1) is 11.7. The summed E-state index contributed by atoms with van der Waals surface area (Å²) in [4.78, 5) is 24.8. The molecule has 2 aliphatic rings. The minimum Gasteiger partial charge on any atom is -0.478 e. The average Bonchev–Trinajstić information content (AvgIpc) is 2.54. The van der Waals surface area contributed by atoms with Gasteiger partial charge in [-0.25, -0.2) is 4.79 Å². The Hall–Kier alpha value is -2.14. The van der Waals surface area contributed by atoms with E-state index in [1.54, 1.807) is 6.08 Å². The van der Waals surface area contributed by atoms with Crippen LogP contribution >= 0.6 is 0 Å². The monoisotopic (exact) mass is 343 g/mol. The molecule has 3 rings (SSSR count). The Balaban J connectivity index is 2.15. The van der Waals surface area contributed by atoms with Gasteiger partial charge in [0.15, 0.2) is 0 Å². The molecule has 1 heterocycles. The van der Waals surface area contributed by atoms with Crippen molar-refractivity contribution in [2.24, 2.45) is 5.92 Å². The number of fused-ring (bicyclic) bond motifs is 2. The fraction of sp³-hybridized carbons (Fsp3) is 0.500. The van der Waals surface area contributed by atoms with Crippen molar-refractivity contribution in [1.82, 2.24) is 5.32 Å². The number of ether oxygens (including phenoxy) is 1. The molecule has 0 bridgehead atoms. The van der Waals surface area contributed by atoms with Crippen LogP contribution in [0.25, 0.3) is 5.57 Å². The van der Waals surface area contributed by atoms with Crippen molar-refractivity contribution in [1.29, 1.82) is 0 Å². The van der Waals surface area contributed by atoms with E-state index in [9.17, 15) is 14.7 Å². The molecule has 1 aromatic rings. The standard InChI is InChI=1S/C20H25NO4/c1-19(2,3)25-18(24)16-12-14(17(22)23)13-6-4-5-7-15(13)20(16)8-10-21-11-9-20/h4-7,12,16,21H,8-11H2,1-3H3,(H,22,23). The number of piperidine rings is 1. The van der Waals surface area contributed by atoms with E-state index in [1.165, 1.54) is 0 Å². The Morgan fingerprint density at radius 3 is 2.44 bits per heavy atom. The molecule has 1 fully saturated rings. The number of carbonyl (C=O) groups excluding carboxylic acids is 1. The van der Waals surface area contributed by atoms with Gasteiger partial charge in [-0.1, -0.05) is 30.3 Å². The smallest absolute Gasteiger partial charge is 0.336 e. The Morgan fingerprint density at radius 2 is 1.84 bits per heavy atom. The van der Waals surface area contributed by atoms with Crippen LogP contribution < -0.4 is 5.32 Å². The lowest BCUT2D eigenvalue weighted by atomic mass is 9.60. The van der Waals surface area contributed by atoms with Crippen molar-refractivity contribution in [3.63, 3.8) is 0 Å². The van der Waals surface area contributed by atoms with Gasteiger partial charge < -0.3 is 15.2 Å². The predicted octanol–water partition coefficient (Wildman–Crippen LogP) is 2.75. The topological polar surface area (TPSA) is 75.6 Å². The lowest BCUT2D eigenvalue weighted by Crippen LogP contribution is -2.50. The van der Waals surface area contributed by atoms with E-state index in [0.29, 0.717) is 0 Å². The van der Waals surface area contributed by atoms with Crippen molar-refractivity contribution in [3.05, 3.63) is 41.5 Å².